The van der Waals surface area contributed by atoms with Gasteiger partial charge >= 0.3 is 5.25 Å². The molecule has 1 aliphatic rings. The fourth-order valence-electron chi connectivity index (χ4n) is 3.69. The van der Waals surface area contributed by atoms with Crippen LogP contribution in [0.15, 0.2) is 42.6 Å². The quantitative estimate of drug-likeness (QED) is 0.329. The normalized spacial score (nSPS) is 15.0. The number of benzene rings is 1. The Labute approximate surface area is 182 Å². The summed E-state index contributed by atoms with van der Waals surface area (Å²) in [5.74, 6) is 0.367. The molecule has 3 aromatic heterocycles. The van der Waals surface area contributed by atoms with Crippen LogP contribution < -0.4 is 4.90 Å². The minimum atomic E-state index is -2.62. The number of halogens is 1. The number of rotatable bonds is 4. The van der Waals surface area contributed by atoms with E-state index in [4.69, 9.17) is 16.3 Å². The summed E-state index contributed by atoms with van der Waals surface area (Å²) in [6, 6.07) is 11.9. The number of nitrogens with zero attached hydrogens (tertiary/aromatic N) is 5. The second kappa shape index (κ2) is 7.61. The van der Waals surface area contributed by atoms with E-state index in [2.05, 4.69) is 31.0 Å². The summed E-state index contributed by atoms with van der Waals surface area (Å²) in [6.45, 7) is 4.60. The minimum absolute atomic E-state index is 0.191. The molecule has 9 nitrogen and oxygen atoms in total. The van der Waals surface area contributed by atoms with E-state index in [9.17, 15) is 10.2 Å². The standard InChI is InChI=1S/C21H21ClN6O3/c1-13-3-2-4-14(11-13)15-5-6-28(26-15)17-12-16(27-7-9-31-10-8-27)18-19(23-17)25-20(24-18)21(22,29)30/h2-6,11-12,29-30H,7-10H2,1H3,(H,23,24,25). The van der Waals surface area contributed by atoms with Crippen LogP contribution in [0.3, 0.4) is 0 Å². The number of pyridine rings is 1. The zero-order valence-electron chi connectivity index (χ0n) is 16.8. The highest BCUT2D eigenvalue weighted by Gasteiger charge is 2.29. The van der Waals surface area contributed by atoms with Gasteiger partial charge in [0.25, 0.3) is 0 Å². The molecule has 0 atom stereocenters. The van der Waals surface area contributed by atoms with Gasteiger partial charge in [-0.2, -0.15) is 5.10 Å². The highest BCUT2D eigenvalue weighted by atomic mass is 35.5. The van der Waals surface area contributed by atoms with Gasteiger partial charge in [-0.15, -0.1) is 0 Å². The van der Waals surface area contributed by atoms with Gasteiger partial charge in [0.1, 0.15) is 5.52 Å². The topological polar surface area (TPSA) is 112 Å². The van der Waals surface area contributed by atoms with Crippen molar-refractivity contribution in [1.29, 1.82) is 0 Å². The molecule has 1 saturated heterocycles. The number of anilines is 1. The largest absolute Gasteiger partial charge is 0.378 e. The van der Waals surface area contributed by atoms with E-state index in [1.54, 1.807) is 4.68 Å². The Kier molecular flexibility index (Phi) is 4.90. The summed E-state index contributed by atoms with van der Waals surface area (Å²) >= 11 is 5.65. The van der Waals surface area contributed by atoms with Gasteiger partial charge in [-0.3, -0.25) is 0 Å². The first-order chi connectivity index (χ1) is 14.9. The van der Waals surface area contributed by atoms with Gasteiger partial charge < -0.3 is 24.8 Å². The number of H-pyrrole nitrogens is 1. The Morgan fingerprint density at radius 3 is 2.68 bits per heavy atom. The van der Waals surface area contributed by atoms with Crippen molar-refractivity contribution in [3.63, 3.8) is 0 Å². The summed E-state index contributed by atoms with van der Waals surface area (Å²) in [4.78, 5) is 13.8. The Hall–Kier alpha value is -2.98. The lowest BCUT2D eigenvalue weighted by Crippen LogP contribution is -2.36. The molecule has 4 heterocycles. The maximum Gasteiger partial charge on any atom is 0.305 e. The van der Waals surface area contributed by atoms with Gasteiger partial charge in [0.2, 0.25) is 0 Å². The molecule has 0 unspecified atom stereocenters. The Morgan fingerprint density at radius 1 is 1.13 bits per heavy atom. The molecule has 1 fully saturated rings. The van der Waals surface area contributed by atoms with E-state index in [1.807, 2.05) is 43.5 Å². The van der Waals surface area contributed by atoms with Crippen LogP contribution in [0.4, 0.5) is 5.69 Å². The molecule has 160 valence electrons. The lowest BCUT2D eigenvalue weighted by Gasteiger charge is -2.29. The van der Waals surface area contributed by atoms with Crippen LogP contribution in [0.5, 0.6) is 0 Å². The number of aryl methyl sites for hydroxylation is 1. The Bertz CT molecular complexity index is 1240. The van der Waals surface area contributed by atoms with E-state index in [-0.39, 0.29) is 5.82 Å². The number of nitrogens with one attached hydrogen (secondary N) is 1. The number of ether oxygens (including phenoxy) is 1. The predicted octanol–water partition coefficient (Wildman–Crippen LogP) is 2.29. The van der Waals surface area contributed by atoms with Crippen molar-refractivity contribution in [1.82, 2.24) is 24.7 Å². The van der Waals surface area contributed by atoms with Crippen molar-refractivity contribution in [2.45, 2.75) is 12.2 Å². The molecule has 0 saturated carbocycles. The third kappa shape index (κ3) is 3.88. The van der Waals surface area contributed by atoms with Crippen LogP contribution in [0, 0.1) is 6.92 Å². The van der Waals surface area contributed by atoms with Gasteiger partial charge in [-0.25, -0.2) is 14.6 Å². The third-order valence-electron chi connectivity index (χ3n) is 5.22. The third-order valence-corrected chi connectivity index (χ3v) is 5.40. The molecule has 31 heavy (non-hydrogen) atoms. The van der Waals surface area contributed by atoms with Gasteiger partial charge in [-0.05, 0) is 30.7 Å². The van der Waals surface area contributed by atoms with Crippen LogP contribution >= 0.6 is 11.6 Å². The van der Waals surface area contributed by atoms with Gasteiger partial charge in [0.05, 0.1) is 24.6 Å². The molecule has 3 N–H and O–H groups in total. The van der Waals surface area contributed by atoms with E-state index >= 15 is 0 Å². The van der Waals surface area contributed by atoms with Crippen LogP contribution in [-0.4, -0.2) is 61.2 Å². The van der Waals surface area contributed by atoms with E-state index in [1.165, 1.54) is 0 Å². The van der Waals surface area contributed by atoms with Gasteiger partial charge in [-0.1, -0.05) is 23.8 Å². The first-order valence-electron chi connectivity index (χ1n) is 9.89. The van der Waals surface area contributed by atoms with Crippen LogP contribution in [0.1, 0.15) is 11.4 Å². The second-order valence-corrected chi connectivity index (χ2v) is 8.01. The summed E-state index contributed by atoms with van der Waals surface area (Å²) in [5.41, 5.74) is 4.70. The number of alkyl halides is 1. The highest BCUT2D eigenvalue weighted by Crippen LogP contribution is 2.31. The number of aromatic amines is 1. The first-order valence-corrected chi connectivity index (χ1v) is 10.3. The average molecular weight is 441 g/mol. The fraction of sp³-hybridized carbons (Fsp3) is 0.286. The van der Waals surface area contributed by atoms with E-state index in [0.717, 1.165) is 22.5 Å². The average Bonchev–Trinajstić information content (AvgIpc) is 3.41. The molecule has 10 heteroatoms. The summed E-state index contributed by atoms with van der Waals surface area (Å²) in [6.07, 6.45) is 1.84. The molecule has 0 aliphatic carbocycles. The monoisotopic (exact) mass is 440 g/mol. The zero-order chi connectivity index (χ0) is 21.6. The molecule has 0 bridgehead atoms. The van der Waals surface area contributed by atoms with Crippen LogP contribution in [0.25, 0.3) is 28.2 Å². The summed E-state index contributed by atoms with van der Waals surface area (Å²) < 4.78 is 7.15. The van der Waals surface area contributed by atoms with Crippen molar-refractivity contribution >= 4 is 28.5 Å². The molecular weight excluding hydrogens is 420 g/mol. The van der Waals surface area contributed by atoms with Crippen molar-refractivity contribution in [2.24, 2.45) is 0 Å². The van der Waals surface area contributed by atoms with E-state index < -0.39 is 5.25 Å². The summed E-state index contributed by atoms with van der Waals surface area (Å²) in [5, 5.41) is 21.6. The van der Waals surface area contributed by atoms with Gasteiger partial charge in [0, 0.05) is 30.9 Å². The summed E-state index contributed by atoms with van der Waals surface area (Å²) in [7, 11) is 0. The van der Waals surface area contributed by atoms with Crippen molar-refractivity contribution in [3.05, 3.63) is 54.0 Å². The zero-order valence-corrected chi connectivity index (χ0v) is 17.5. The molecule has 0 spiro atoms. The number of aliphatic hydroxyl groups is 2. The molecule has 0 amide bonds. The van der Waals surface area contributed by atoms with Gasteiger partial charge in [0.15, 0.2) is 17.3 Å². The minimum Gasteiger partial charge on any atom is -0.378 e. The SMILES string of the molecule is Cc1cccc(-c2ccn(-c3cc(N4CCOCC4)c4[nH]c(C(O)(O)Cl)nc4n3)n2)c1. The molecule has 1 aliphatic heterocycles. The van der Waals surface area contributed by atoms with Crippen molar-refractivity contribution in [2.75, 3.05) is 31.2 Å². The Morgan fingerprint density at radius 2 is 1.94 bits per heavy atom. The van der Waals surface area contributed by atoms with Crippen LogP contribution in [0.2, 0.25) is 0 Å². The first kappa shape index (κ1) is 20.0. The lowest BCUT2D eigenvalue weighted by molar-refractivity contribution is -0.0963. The van der Waals surface area contributed by atoms with Crippen LogP contribution in [-0.2, 0) is 9.98 Å². The predicted molar refractivity (Wildman–Crippen MR) is 116 cm³/mol. The molecule has 1 aromatic carbocycles. The molecule has 0 radical (unpaired) electrons. The number of hydrogen-bond donors (Lipinski definition) is 3. The Balaban J connectivity index is 1.62. The lowest BCUT2D eigenvalue weighted by atomic mass is 10.1. The maximum atomic E-state index is 9.78. The van der Waals surface area contributed by atoms with Crippen molar-refractivity contribution < 1.29 is 14.9 Å². The number of morpholine rings is 1. The highest BCUT2D eigenvalue weighted by molar-refractivity contribution is 6.21. The number of fused-ring (bicyclic) bond motifs is 1. The van der Waals surface area contributed by atoms with Crippen molar-refractivity contribution in [3.8, 4) is 17.1 Å². The number of imidazole rings is 1. The van der Waals surface area contributed by atoms with E-state index in [0.29, 0.717) is 43.3 Å². The fourth-order valence-corrected chi connectivity index (χ4v) is 3.78. The second-order valence-electron chi connectivity index (χ2n) is 7.49. The smallest absolute Gasteiger partial charge is 0.305 e. The molecule has 4 aromatic rings. The number of aromatic nitrogens is 5. The molecular formula is C21H21ClN6O3. The molecule has 5 rings (SSSR count). The number of hydrogen-bond acceptors (Lipinski definition) is 7. The maximum absolute atomic E-state index is 9.78.